The Hall–Kier alpha value is -2.56. The number of nitrogens with one attached hydrogen (secondary N) is 1. The molecule has 1 amide bonds. The summed E-state index contributed by atoms with van der Waals surface area (Å²) >= 11 is 0. The smallest absolute Gasteiger partial charge is 0.271 e. The molecule has 0 fully saturated rings. The molecule has 0 saturated heterocycles. The van der Waals surface area contributed by atoms with Crippen molar-refractivity contribution in [3.63, 3.8) is 0 Å². The second-order valence-electron chi connectivity index (χ2n) is 3.88. The number of carbonyl (C=O) groups excluding carboxylic acids is 1. The number of amides is 1. The minimum absolute atomic E-state index is 0.307. The quantitative estimate of drug-likeness (QED) is 0.676. The lowest BCUT2D eigenvalue weighted by atomic mass is 10.2. The molecule has 0 saturated carbocycles. The SMILES string of the molecule is COc1cccc(C(=O)NN=Cc2ccc(C)o2)c1. The van der Waals surface area contributed by atoms with Gasteiger partial charge in [-0.25, -0.2) is 5.43 Å². The van der Waals surface area contributed by atoms with Crippen LogP contribution in [0.4, 0.5) is 0 Å². The summed E-state index contributed by atoms with van der Waals surface area (Å²) in [6.45, 7) is 1.84. The Morgan fingerprint density at radius 3 is 2.89 bits per heavy atom. The minimum Gasteiger partial charge on any atom is -0.497 e. The Labute approximate surface area is 110 Å². The van der Waals surface area contributed by atoms with Gasteiger partial charge in [0.2, 0.25) is 0 Å². The number of ether oxygens (including phenoxy) is 1. The molecule has 98 valence electrons. The number of hydrogen-bond donors (Lipinski definition) is 1. The lowest BCUT2D eigenvalue weighted by molar-refractivity contribution is 0.0955. The predicted molar refractivity (Wildman–Crippen MR) is 71.5 cm³/mol. The third-order valence-corrected chi connectivity index (χ3v) is 2.45. The summed E-state index contributed by atoms with van der Waals surface area (Å²) in [4.78, 5) is 11.8. The molecule has 0 bridgehead atoms. The third kappa shape index (κ3) is 3.45. The Morgan fingerprint density at radius 1 is 1.37 bits per heavy atom. The van der Waals surface area contributed by atoms with E-state index < -0.39 is 0 Å². The van der Waals surface area contributed by atoms with Gasteiger partial charge in [0.15, 0.2) is 0 Å². The molecule has 0 aliphatic heterocycles. The van der Waals surface area contributed by atoms with Crippen LogP contribution in [0.1, 0.15) is 21.9 Å². The van der Waals surface area contributed by atoms with Crippen LogP contribution in [0.5, 0.6) is 5.75 Å². The fourth-order valence-corrected chi connectivity index (χ4v) is 1.51. The highest BCUT2D eigenvalue weighted by Gasteiger charge is 2.05. The predicted octanol–water partition coefficient (Wildman–Crippen LogP) is 2.36. The first-order chi connectivity index (χ1) is 9.19. The van der Waals surface area contributed by atoms with Crippen molar-refractivity contribution < 1.29 is 13.9 Å². The molecule has 0 atom stereocenters. The van der Waals surface area contributed by atoms with Gasteiger partial charge < -0.3 is 9.15 Å². The lowest BCUT2D eigenvalue weighted by Crippen LogP contribution is -2.17. The van der Waals surface area contributed by atoms with Crippen molar-refractivity contribution in [1.82, 2.24) is 5.43 Å². The number of benzene rings is 1. The maximum absolute atomic E-state index is 11.8. The molecule has 1 heterocycles. The van der Waals surface area contributed by atoms with E-state index in [9.17, 15) is 4.79 Å². The van der Waals surface area contributed by atoms with Gasteiger partial charge in [0, 0.05) is 5.56 Å². The molecule has 0 aliphatic rings. The van der Waals surface area contributed by atoms with Crippen LogP contribution in [0, 0.1) is 6.92 Å². The van der Waals surface area contributed by atoms with Crippen molar-refractivity contribution in [2.24, 2.45) is 5.10 Å². The van der Waals surface area contributed by atoms with Crippen LogP contribution in [0.15, 0.2) is 45.9 Å². The molecule has 2 rings (SSSR count). The summed E-state index contributed by atoms with van der Waals surface area (Å²) in [5.74, 6) is 1.70. The van der Waals surface area contributed by atoms with Crippen LogP contribution in [-0.2, 0) is 0 Å². The maximum atomic E-state index is 11.8. The number of hydrogen-bond acceptors (Lipinski definition) is 4. The zero-order chi connectivity index (χ0) is 13.7. The Morgan fingerprint density at radius 2 is 2.21 bits per heavy atom. The summed E-state index contributed by atoms with van der Waals surface area (Å²) in [5, 5.41) is 3.83. The number of furan rings is 1. The third-order valence-electron chi connectivity index (χ3n) is 2.45. The van der Waals surface area contributed by atoms with Gasteiger partial charge in [0.25, 0.3) is 5.91 Å². The van der Waals surface area contributed by atoms with Crippen LogP contribution in [0.3, 0.4) is 0 Å². The van der Waals surface area contributed by atoms with Crippen LogP contribution in [0.25, 0.3) is 0 Å². The lowest BCUT2D eigenvalue weighted by Gasteiger charge is -2.02. The van der Waals surface area contributed by atoms with Crippen molar-refractivity contribution in [1.29, 1.82) is 0 Å². The van der Waals surface area contributed by atoms with Crippen molar-refractivity contribution >= 4 is 12.1 Å². The first kappa shape index (κ1) is 12.9. The van der Waals surface area contributed by atoms with Crippen molar-refractivity contribution in [2.75, 3.05) is 7.11 Å². The van der Waals surface area contributed by atoms with Crippen LogP contribution < -0.4 is 10.2 Å². The maximum Gasteiger partial charge on any atom is 0.271 e. The molecule has 0 unspecified atom stereocenters. The van der Waals surface area contributed by atoms with E-state index in [2.05, 4.69) is 10.5 Å². The van der Waals surface area contributed by atoms with E-state index >= 15 is 0 Å². The fourth-order valence-electron chi connectivity index (χ4n) is 1.51. The van der Waals surface area contributed by atoms with E-state index in [0.717, 1.165) is 5.76 Å². The van der Waals surface area contributed by atoms with Gasteiger partial charge in [-0.2, -0.15) is 5.10 Å². The zero-order valence-electron chi connectivity index (χ0n) is 10.7. The van der Waals surface area contributed by atoms with E-state index in [-0.39, 0.29) is 5.91 Å². The molecular formula is C14H14N2O3. The summed E-state index contributed by atoms with van der Waals surface area (Å²) in [5.41, 5.74) is 2.90. The number of carbonyl (C=O) groups is 1. The standard InChI is InChI=1S/C14H14N2O3/c1-10-6-7-13(19-10)9-15-16-14(17)11-4-3-5-12(8-11)18-2/h3-9H,1-2H3,(H,16,17). The monoisotopic (exact) mass is 258 g/mol. The van der Waals surface area contributed by atoms with E-state index in [4.69, 9.17) is 9.15 Å². The molecule has 1 N–H and O–H groups in total. The molecule has 0 spiro atoms. The number of methoxy groups -OCH3 is 1. The van der Waals surface area contributed by atoms with E-state index in [1.807, 2.05) is 13.0 Å². The van der Waals surface area contributed by atoms with Gasteiger partial charge >= 0.3 is 0 Å². The molecule has 1 aromatic carbocycles. The topological polar surface area (TPSA) is 63.8 Å². The largest absolute Gasteiger partial charge is 0.497 e. The molecule has 19 heavy (non-hydrogen) atoms. The molecule has 0 radical (unpaired) electrons. The Kier molecular flexibility index (Phi) is 3.97. The summed E-state index contributed by atoms with van der Waals surface area (Å²) < 4.78 is 10.3. The molecule has 1 aromatic heterocycles. The highest BCUT2D eigenvalue weighted by atomic mass is 16.5. The summed E-state index contributed by atoms with van der Waals surface area (Å²) in [6.07, 6.45) is 1.45. The van der Waals surface area contributed by atoms with Gasteiger partial charge in [-0.1, -0.05) is 6.07 Å². The first-order valence-electron chi connectivity index (χ1n) is 5.73. The summed E-state index contributed by atoms with van der Waals surface area (Å²) in [7, 11) is 1.55. The molecular weight excluding hydrogens is 244 g/mol. The van der Waals surface area contributed by atoms with Crippen LogP contribution >= 0.6 is 0 Å². The van der Waals surface area contributed by atoms with E-state index in [0.29, 0.717) is 17.1 Å². The molecule has 2 aromatic rings. The highest BCUT2D eigenvalue weighted by Crippen LogP contribution is 2.12. The van der Waals surface area contributed by atoms with Gasteiger partial charge in [-0.15, -0.1) is 0 Å². The van der Waals surface area contributed by atoms with E-state index in [1.165, 1.54) is 6.21 Å². The Balaban J connectivity index is 1.99. The van der Waals surface area contributed by atoms with E-state index in [1.54, 1.807) is 37.4 Å². The normalized spacial score (nSPS) is 10.6. The first-order valence-corrected chi connectivity index (χ1v) is 5.73. The fraction of sp³-hybridized carbons (Fsp3) is 0.143. The zero-order valence-corrected chi connectivity index (χ0v) is 10.7. The average Bonchev–Trinajstić information content (AvgIpc) is 2.84. The van der Waals surface area contributed by atoms with Gasteiger partial charge in [-0.05, 0) is 37.3 Å². The summed E-state index contributed by atoms with van der Waals surface area (Å²) in [6, 6.07) is 10.4. The van der Waals surface area contributed by atoms with Gasteiger partial charge in [0.05, 0.1) is 13.3 Å². The highest BCUT2D eigenvalue weighted by molar-refractivity contribution is 5.95. The molecule has 5 heteroatoms. The van der Waals surface area contributed by atoms with Gasteiger partial charge in [0.1, 0.15) is 17.3 Å². The second kappa shape index (κ2) is 5.86. The number of aryl methyl sites for hydroxylation is 1. The minimum atomic E-state index is -0.307. The van der Waals surface area contributed by atoms with Crippen molar-refractivity contribution in [3.05, 3.63) is 53.5 Å². The number of rotatable bonds is 4. The van der Waals surface area contributed by atoms with Crippen molar-refractivity contribution in [2.45, 2.75) is 6.92 Å². The van der Waals surface area contributed by atoms with Gasteiger partial charge in [-0.3, -0.25) is 4.79 Å². The van der Waals surface area contributed by atoms with Crippen LogP contribution in [-0.4, -0.2) is 19.2 Å². The van der Waals surface area contributed by atoms with Crippen molar-refractivity contribution in [3.8, 4) is 5.75 Å². The number of nitrogens with zero attached hydrogens (tertiary/aromatic N) is 1. The van der Waals surface area contributed by atoms with Crippen LogP contribution in [0.2, 0.25) is 0 Å². The second-order valence-corrected chi connectivity index (χ2v) is 3.88. The molecule has 5 nitrogen and oxygen atoms in total. The number of hydrazone groups is 1. The molecule has 0 aliphatic carbocycles. The average molecular weight is 258 g/mol. The Bertz CT molecular complexity index is 602.